The molecular formula is C16H18N2O2. The van der Waals surface area contributed by atoms with Crippen LogP contribution in [0.4, 0.5) is 0 Å². The van der Waals surface area contributed by atoms with Gasteiger partial charge < -0.3 is 9.47 Å². The second-order valence-corrected chi connectivity index (χ2v) is 5.44. The summed E-state index contributed by atoms with van der Waals surface area (Å²) in [6.45, 7) is 6.87. The van der Waals surface area contributed by atoms with Gasteiger partial charge in [0.15, 0.2) is 0 Å². The zero-order valence-electron chi connectivity index (χ0n) is 12.0. The number of pyridine rings is 1. The van der Waals surface area contributed by atoms with Crippen molar-refractivity contribution in [2.45, 2.75) is 26.4 Å². The zero-order valence-corrected chi connectivity index (χ0v) is 12.0. The molecule has 0 N–H and O–H groups in total. The highest BCUT2D eigenvalue weighted by atomic mass is 16.5. The number of ether oxygens (including phenoxy) is 2. The van der Waals surface area contributed by atoms with Gasteiger partial charge in [-0.2, -0.15) is 5.26 Å². The Labute approximate surface area is 119 Å². The number of hydrogen-bond acceptors (Lipinski definition) is 4. The fourth-order valence-electron chi connectivity index (χ4n) is 1.84. The lowest BCUT2D eigenvalue weighted by Gasteiger charge is -2.19. The summed E-state index contributed by atoms with van der Waals surface area (Å²) in [5.74, 6) is 0.579. The third-order valence-electron chi connectivity index (χ3n) is 2.71. The minimum absolute atomic E-state index is 0.193. The topological polar surface area (TPSA) is 55.1 Å². The van der Waals surface area contributed by atoms with Crippen LogP contribution in [-0.2, 0) is 4.74 Å². The molecule has 104 valence electrons. The van der Waals surface area contributed by atoms with Crippen LogP contribution in [0.3, 0.4) is 0 Å². The summed E-state index contributed by atoms with van der Waals surface area (Å²) in [6, 6.07) is 9.74. The van der Waals surface area contributed by atoms with Gasteiger partial charge in [0.1, 0.15) is 24.0 Å². The first-order valence-corrected chi connectivity index (χ1v) is 6.56. The van der Waals surface area contributed by atoms with E-state index in [0.717, 1.165) is 10.9 Å². The lowest BCUT2D eigenvalue weighted by atomic mass is 10.1. The maximum absolute atomic E-state index is 9.16. The lowest BCUT2D eigenvalue weighted by Crippen LogP contribution is -2.22. The van der Waals surface area contributed by atoms with Crippen LogP contribution in [0, 0.1) is 11.3 Å². The Morgan fingerprint density at radius 1 is 1.20 bits per heavy atom. The summed E-state index contributed by atoms with van der Waals surface area (Å²) in [7, 11) is 0. The van der Waals surface area contributed by atoms with E-state index in [9.17, 15) is 0 Å². The summed E-state index contributed by atoms with van der Waals surface area (Å²) in [5.41, 5.74) is 1.07. The van der Waals surface area contributed by atoms with Crippen molar-refractivity contribution in [2.75, 3.05) is 13.2 Å². The Bertz CT molecular complexity index is 639. The minimum Gasteiger partial charge on any atom is -0.489 e. The van der Waals surface area contributed by atoms with Crippen molar-refractivity contribution in [1.82, 2.24) is 4.98 Å². The average Bonchev–Trinajstić information content (AvgIpc) is 2.42. The second kappa shape index (κ2) is 5.89. The van der Waals surface area contributed by atoms with E-state index in [1.54, 1.807) is 6.20 Å². The van der Waals surface area contributed by atoms with E-state index >= 15 is 0 Å². The highest BCUT2D eigenvalue weighted by Gasteiger charge is 2.12. The second-order valence-electron chi connectivity index (χ2n) is 5.44. The van der Waals surface area contributed by atoms with Crippen LogP contribution in [0.15, 0.2) is 30.5 Å². The van der Waals surface area contributed by atoms with Crippen molar-refractivity contribution in [1.29, 1.82) is 5.26 Å². The highest BCUT2D eigenvalue weighted by molar-refractivity contribution is 5.86. The number of nitriles is 1. The molecule has 1 aromatic carbocycles. The molecule has 0 aliphatic rings. The Morgan fingerprint density at radius 3 is 2.65 bits per heavy atom. The first-order chi connectivity index (χ1) is 9.51. The van der Waals surface area contributed by atoms with Crippen LogP contribution in [-0.4, -0.2) is 23.8 Å². The van der Waals surface area contributed by atoms with Crippen LogP contribution in [0.5, 0.6) is 5.75 Å². The van der Waals surface area contributed by atoms with Crippen molar-refractivity contribution >= 4 is 10.9 Å². The smallest absolute Gasteiger partial charge is 0.148 e. The Morgan fingerprint density at radius 2 is 1.95 bits per heavy atom. The third-order valence-corrected chi connectivity index (χ3v) is 2.71. The number of aromatic nitrogens is 1. The van der Waals surface area contributed by atoms with Gasteiger partial charge in [0, 0.05) is 11.6 Å². The number of fused-ring (bicyclic) bond motifs is 1. The summed E-state index contributed by atoms with van der Waals surface area (Å²) in [6.07, 6.45) is 1.54. The van der Waals surface area contributed by atoms with Gasteiger partial charge >= 0.3 is 0 Å². The average molecular weight is 270 g/mol. The zero-order chi connectivity index (χ0) is 14.6. The molecule has 0 aliphatic heterocycles. The Balaban J connectivity index is 2.18. The highest BCUT2D eigenvalue weighted by Crippen LogP contribution is 2.27. The largest absolute Gasteiger partial charge is 0.489 e. The predicted molar refractivity (Wildman–Crippen MR) is 77.7 cm³/mol. The fourth-order valence-corrected chi connectivity index (χ4v) is 1.84. The summed E-state index contributed by atoms with van der Waals surface area (Å²) in [5, 5.41) is 10.0. The molecule has 0 saturated carbocycles. The normalized spacial score (nSPS) is 11.3. The van der Waals surface area contributed by atoms with Gasteiger partial charge in [-0.25, -0.2) is 0 Å². The van der Waals surface area contributed by atoms with Gasteiger partial charge in [-0.15, -0.1) is 0 Å². The molecule has 0 saturated heterocycles. The number of hydrogen-bond donors (Lipinski definition) is 0. The summed E-state index contributed by atoms with van der Waals surface area (Å²) in [4.78, 5) is 4.25. The van der Waals surface area contributed by atoms with Gasteiger partial charge in [0.25, 0.3) is 0 Å². The van der Waals surface area contributed by atoms with E-state index in [2.05, 4.69) is 11.1 Å². The lowest BCUT2D eigenvalue weighted by molar-refractivity contribution is -0.0161. The molecule has 0 radical (unpaired) electrons. The maximum Gasteiger partial charge on any atom is 0.148 e. The van der Waals surface area contributed by atoms with E-state index < -0.39 is 0 Å². The monoisotopic (exact) mass is 270 g/mol. The fraction of sp³-hybridized carbons (Fsp3) is 0.375. The van der Waals surface area contributed by atoms with Crippen LogP contribution < -0.4 is 4.74 Å². The maximum atomic E-state index is 9.16. The molecular weight excluding hydrogens is 252 g/mol. The van der Waals surface area contributed by atoms with Crippen LogP contribution in [0.2, 0.25) is 0 Å². The van der Waals surface area contributed by atoms with Gasteiger partial charge in [0.05, 0.1) is 17.7 Å². The minimum atomic E-state index is -0.193. The quantitative estimate of drug-likeness (QED) is 0.800. The summed E-state index contributed by atoms with van der Waals surface area (Å²) < 4.78 is 11.4. The molecule has 1 aromatic heterocycles. The number of nitrogens with zero attached hydrogens (tertiary/aromatic N) is 2. The van der Waals surface area contributed by atoms with Gasteiger partial charge in [-0.1, -0.05) is 12.1 Å². The van der Waals surface area contributed by atoms with Gasteiger partial charge in [-0.3, -0.25) is 4.98 Å². The molecule has 0 atom stereocenters. The molecule has 20 heavy (non-hydrogen) atoms. The van der Waals surface area contributed by atoms with Crippen molar-refractivity contribution in [3.05, 3.63) is 36.0 Å². The molecule has 1 heterocycles. The summed E-state index contributed by atoms with van der Waals surface area (Å²) >= 11 is 0. The Kier molecular flexibility index (Phi) is 4.21. The number of rotatable bonds is 4. The van der Waals surface area contributed by atoms with E-state index in [4.69, 9.17) is 14.7 Å². The van der Waals surface area contributed by atoms with Gasteiger partial charge in [0.2, 0.25) is 0 Å². The molecule has 4 heteroatoms. The van der Waals surface area contributed by atoms with Crippen molar-refractivity contribution in [3.8, 4) is 11.8 Å². The molecule has 2 aromatic rings. The van der Waals surface area contributed by atoms with Crippen molar-refractivity contribution in [2.24, 2.45) is 0 Å². The number of benzene rings is 1. The Hall–Kier alpha value is -2.12. The molecule has 2 rings (SSSR count). The standard InChI is InChI=1S/C16H18N2O2/c1-16(2,3)20-9-8-19-15-12(10-17)11-18-14-7-5-4-6-13(14)15/h4-7,11H,8-9H2,1-3H3. The van der Waals surface area contributed by atoms with Crippen LogP contribution >= 0.6 is 0 Å². The van der Waals surface area contributed by atoms with E-state index in [-0.39, 0.29) is 5.60 Å². The molecule has 0 spiro atoms. The van der Waals surface area contributed by atoms with Crippen molar-refractivity contribution in [3.63, 3.8) is 0 Å². The first kappa shape index (κ1) is 14.3. The van der Waals surface area contributed by atoms with Crippen LogP contribution in [0.1, 0.15) is 26.3 Å². The van der Waals surface area contributed by atoms with Gasteiger partial charge in [-0.05, 0) is 32.9 Å². The SMILES string of the molecule is CC(C)(C)OCCOc1c(C#N)cnc2ccccc12. The molecule has 0 fully saturated rings. The predicted octanol–water partition coefficient (Wildman–Crippen LogP) is 3.30. The van der Waals surface area contributed by atoms with E-state index in [1.807, 2.05) is 45.0 Å². The molecule has 0 unspecified atom stereocenters. The molecule has 0 bridgehead atoms. The van der Waals surface area contributed by atoms with Crippen LogP contribution in [0.25, 0.3) is 10.9 Å². The third kappa shape index (κ3) is 3.46. The van der Waals surface area contributed by atoms with Crippen molar-refractivity contribution < 1.29 is 9.47 Å². The number of para-hydroxylation sites is 1. The molecule has 4 nitrogen and oxygen atoms in total. The molecule has 0 aliphatic carbocycles. The molecule has 0 amide bonds. The first-order valence-electron chi connectivity index (χ1n) is 6.56. The van der Waals surface area contributed by atoms with E-state index in [0.29, 0.717) is 24.5 Å². The van der Waals surface area contributed by atoms with E-state index in [1.165, 1.54) is 0 Å².